The summed E-state index contributed by atoms with van der Waals surface area (Å²) in [5, 5.41) is 15.9. The van der Waals surface area contributed by atoms with Crippen molar-refractivity contribution in [2.24, 2.45) is 11.7 Å². The number of anilines is 2. The van der Waals surface area contributed by atoms with Gasteiger partial charge in [0.2, 0.25) is 11.9 Å². The monoisotopic (exact) mass is 418 g/mol. The summed E-state index contributed by atoms with van der Waals surface area (Å²) in [6.45, 7) is 0.555. The molecule has 1 fully saturated rings. The molecule has 0 aliphatic heterocycles. The average Bonchev–Trinajstić information content (AvgIpc) is 3.09. The molecule has 1 heterocycles. The highest BCUT2D eigenvalue weighted by molar-refractivity contribution is 5.92. The number of nitriles is 1. The van der Waals surface area contributed by atoms with Crippen molar-refractivity contribution in [3.63, 3.8) is 0 Å². The summed E-state index contributed by atoms with van der Waals surface area (Å²) in [5.74, 6) is 0.751. The lowest BCUT2D eigenvalue weighted by molar-refractivity contribution is -0.122. The third-order valence-corrected chi connectivity index (χ3v) is 6.28. The second-order valence-electron chi connectivity index (χ2n) is 8.27. The lowest BCUT2D eigenvalue weighted by Gasteiger charge is -2.28. The van der Waals surface area contributed by atoms with Crippen molar-refractivity contribution in [2.75, 3.05) is 17.2 Å². The molecule has 8 heteroatoms. The highest BCUT2D eigenvalue weighted by Crippen LogP contribution is 2.32. The Hall–Kier alpha value is -3.47. The Morgan fingerprint density at radius 2 is 2.00 bits per heavy atom. The molecule has 1 amide bonds. The second kappa shape index (κ2) is 9.13. The smallest absolute Gasteiger partial charge is 0.224 e. The third-order valence-electron chi connectivity index (χ3n) is 6.28. The molecule has 1 atom stereocenters. The molecule has 1 aromatic heterocycles. The normalized spacial score (nSPS) is 22.4. The zero-order valence-corrected chi connectivity index (χ0v) is 17.3. The third kappa shape index (κ3) is 4.66. The first-order chi connectivity index (χ1) is 15.0. The number of hydrogen-bond acceptors (Lipinski definition) is 7. The number of ketones is 1. The van der Waals surface area contributed by atoms with E-state index >= 15 is 0 Å². The van der Waals surface area contributed by atoms with Gasteiger partial charge >= 0.3 is 0 Å². The first-order valence-corrected chi connectivity index (χ1v) is 10.7. The number of carbonyl (C=O) groups is 2. The van der Waals surface area contributed by atoms with Crippen LogP contribution >= 0.6 is 0 Å². The van der Waals surface area contributed by atoms with Gasteiger partial charge in [0.25, 0.3) is 0 Å². The SMILES string of the molecule is N#Cc1cnc(NCCC2C(=O)Cc3ccccc32)nc1NC1CCC(C(N)=O)CC1. The Balaban J connectivity index is 1.36. The van der Waals surface area contributed by atoms with Crippen molar-refractivity contribution in [2.45, 2.75) is 50.5 Å². The van der Waals surface area contributed by atoms with Gasteiger partial charge < -0.3 is 16.4 Å². The zero-order chi connectivity index (χ0) is 21.8. The predicted molar refractivity (Wildman–Crippen MR) is 116 cm³/mol. The van der Waals surface area contributed by atoms with Crippen LogP contribution in [0.3, 0.4) is 0 Å². The molecule has 2 aromatic rings. The molecule has 2 aliphatic rings. The molecule has 0 saturated heterocycles. The van der Waals surface area contributed by atoms with E-state index in [1.165, 1.54) is 6.20 Å². The molecule has 1 aromatic carbocycles. The number of hydrogen-bond donors (Lipinski definition) is 3. The van der Waals surface area contributed by atoms with Gasteiger partial charge in [0.05, 0.1) is 6.20 Å². The van der Waals surface area contributed by atoms with Crippen molar-refractivity contribution in [1.29, 1.82) is 5.26 Å². The van der Waals surface area contributed by atoms with E-state index in [1.54, 1.807) is 0 Å². The Bertz CT molecular complexity index is 1020. The van der Waals surface area contributed by atoms with Crippen molar-refractivity contribution < 1.29 is 9.59 Å². The summed E-state index contributed by atoms with van der Waals surface area (Å²) in [6.07, 6.45) is 5.74. The number of nitrogens with zero attached hydrogens (tertiary/aromatic N) is 3. The number of rotatable bonds is 7. The largest absolute Gasteiger partial charge is 0.369 e. The van der Waals surface area contributed by atoms with E-state index in [-0.39, 0.29) is 29.6 Å². The molecule has 4 rings (SSSR count). The Kier molecular flexibility index (Phi) is 6.12. The minimum absolute atomic E-state index is 0.0699. The minimum atomic E-state index is -0.243. The number of nitrogens with two attached hydrogens (primary N) is 1. The Morgan fingerprint density at radius 3 is 2.74 bits per heavy atom. The van der Waals surface area contributed by atoms with Gasteiger partial charge in [-0.15, -0.1) is 0 Å². The number of aromatic nitrogens is 2. The lowest BCUT2D eigenvalue weighted by Crippen LogP contribution is -2.32. The fourth-order valence-electron chi connectivity index (χ4n) is 4.54. The summed E-state index contributed by atoms with van der Waals surface area (Å²) in [4.78, 5) is 32.4. The maximum Gasteiger partial charge on any atom is 0.224 e. The number of primary amides is 1. The van der Waals surface area contributed by atoms with Crippen LogP contribution in [0, 0.1) is 17.2 Å². The van der Waals surface area contributed by atoms with Gasteiger partial charge in [0, 0.05) is 30.8 Å². The van der Waals surface area contributed by atoms with Crippen LogP contribution in [0.1, 0.15) is 54.7 Å². The van der Waals surface area contributed by atoms with Gasteiger partial charge in [-0.3, -0.25) is 9.59 Å². The highest BCUT2D eigenvalue weighted by atomic mass is 16.1. The summed E-state index contributed by atoms with van der Waals surface area (Å²) >= 11 is 0. The summed E-state index contributed by atoms with van der Waals surface area (Å²) < 4.78 is 0. The number of amides is 1. The molecule has 0 spiro atoms. The van der Waals surface area contributed by atoms with E-state index in [4.69, 9.17) is 5.73 Å². The Labute approximate surface area is 181 Å². The van der Waals surface area contributed by atoms with Crippen molar-refractivity contribution >= 4 is 23.5 Å². The zero-order valence-electron chi connectivity index (χ0n) is 17.3. The van der Waals surface area contributed by atoms with Crippen LogP contribution in [0.2, 0.25) is 0 Å². The second-order valence-corrected chi connectivity index (χ2v) is 8.27. The number of benzene rings is 1. The fraction of sp³-hybridized carbons (Fsp3) is 0.435. The highest BCUT2D eigenvalue weighted by Gasteiger charge is 2.29. The first-order valence-electron chi connectivity index (χ1n) is 10.7. The van der Waals surface area contributed by atoms with Crippen LogP contribution < -0.4 is 16.4 Å². The molecular weight excluding hydrogens is 392 g/mol. The van der Waals surface area contributed by atoms with E-state index in [0.717, 1.165) is 36.8 Å². The Morgan fingerprint density at radius 1 is 1.23 bits per heavy atom. The van der Waals surface area contributed by atoms with Crippen molar-refractivity contribution in [3.05, 3.63) is 47.2 Å². The standard InChI is InChI=1S/C23H26N6O2/c24-12-16-13-27-23(29-22(16)28-17-7-5-14(6-8-17)21(25)31)26-10-9-19-18-4-2-1-3-15(18)11-20(19)30/h1-4,13-14,17,19H,5-11H2,(H2,25,31)(H2,26,27,28,29). The van der Waals surface area contributed by atoms with Gasteiger partial charge in [0.15, 0.2) is 0 Å². The molecule has 31 heavy (non-hydrogen) atoms. The van der Waals surface area contributed by atoms with E-state index in [0.29, 0.717) is 36.7 Å². The van der Waals surface area contributed by atoms with Crippen LogP contribution in [0.15, 0.2) is 30.5 Å². The number of Topliss-reactive ketones (excluding diaryl/α,β-unsaturated/α-hetero) is 1. The quantitative estimate of drug-likeness (QED) is 0.629. The van der Waals surface area contributed by atoms with E-state index in [1.807, 2.05) is 24.3 Å². The number of fused-ring (bicyclic) bond motifs is 1. The van der Waals surface area contributed by atoms with Crippen LogP contribution in [0.4, 0.5) is 11.8 Å². The van der Waals surface area contributed by atoms with Crippen molar-refractivity contribution in [1.82, 2.24) is 9.97 Å². The average molecular weight is 419 g/mol. The number of carbonyl (C=O) groups excluding carboxylic acids is 2. The van der Waals surface area contributed by atoms with E-state index in [2.05, 4.69) is 26.7 Å². The predicted octanol–water partition coefficient (Wildman–Crippen LogP) is 2.52. The minimum Gasteiger partial charge on any atom is -0.369 e. The van der Waals surface area contributed by atoms with Gasteiger partial charge in [-0.25, -0.2) is 4.98 Å². The van der Waals surface area contributed by atoms with Crippen molar-refractivity contribution in [3.8, 4) is 6.07 Å². The summed E-state index contributed by atoms with van der Waals surface area (Å²) in [6, 6.07) is 10.2. The topological polar surface area (TPSA) is 134 Å². The first kappa shape index (κ1) is 20.8. The fourth-order valence-corrected chi connectivity index (χ4v) is 4.54. The molecular formula is C23H26N6O2. The lowest BCUT2D eigenvalue weighted by atomic mass is 9.85. The summed E-state index contributed by atoms with van der Waals surface area (Å²) in [5.41, 5.74) is 8.01. The molecule has 4 N–H and O–H groups in total. The molecule has 160 valence electrons. The molecule has 2 aliphatic carbocycles. The van der Waals surface area contributed by atoms with Gasteiger partial charge in [0.1, 0.15) is 23.2 Å². The molecule has 1 unspecified atom stereocenters. The van der Waals surface area contributed by atoms with E-state index < -0.39 is 0 Å². The van der Waals surface area contributed by atoms with E-state index in [9.17, 15) is 14.9 Å². The molecule has 1 saturated carbocycles. The maximum atomic E-state index is 12.4. The molecule has 0 radical (unpaired) electrons. The summed E-state index contributed by atoms with van der Waals surface area (Å²) in [7, 11) is 0. The van der Waals surface area contributed by atoms with Crippen LogP contribution in [0.5, 0.6) is 0 Å². The van der Waals surface area contributed by atoms with Gasteiger partial charge in [-0.2, -0.15) is 10.2 Å². The number of nitrogens with one attached hydrogen (secondary N) is 2. The van der Waals surface area contributed by atoms with Gasteiger partial charge in [-0.1, -0.05) is 24.3 Å². The van der Waals surface area contributed by atoms with Crippen LogP contribution in [0.25, 0.3) is 0 Å². The van der Waals surface area contributed by atoms with Crippen LogP contribution in [-0.2, 0) is 16.0 Å². The molecule has 0 bridgehead atoms. The van der Waals surface area contributed by atoms with Crippen LogP contribution in [-0.4, -0.2) is 34.2 Å². The maximum absolute atomic E-state index is 12.4. The van der Waals surface area contributed by atoms with Gasteiger partial charge in [-0.05, 0) is 43.2 Å². The molecule has 8 nitrogen and oxygen atoms in total.